The van der Waals surface area contributed by atoms with E-state index >= 15 is 0 Å². The molecule has 0 fully saturated rings. The Labute approximate surface area is 118 Å². The van der Waals surface area contributed by atoms with E-state index in [-0.39, 0.29) is 10.6 Å². The second-order valence-electron chi connectivity index (χ2n) is 4.94. The summed E-state index contributed by atoms with van der Waals surface area (Å²) in [4.78, 5) is -0.0727. The first kappa shape index (κ1) is 15.0. The highest BCUT2D eigenvalue weighted by Crippen LogP contribution is 2.21. The molecule has 0 radical (unpaired) electrons. The minimum absolute atomic E-state index is 0.0727. The van der Waals surface area contributed by atoms with Gasteiger partial charge < -0.3 is 5.73 Å². The van der Waals surface area contributed by atoms with Crippen LogP contribution in [0.1, 0.15) is 32.1 Å². The number of anilines is 1. The van der Waals surface area contributed by atoms with E-state index in [1.165, 1.54) is 24.5 Å². The Morgan fingerprint density at radius 1 is 1.30 bits per heavy atom. The van der Waals surface area contributed by atoms with Crippen molar-refractivity contribution < 1.29 is 12.8 Å². The number of halogens is 1. The van der Waals surface area contributed by atoms with Crippen LogP contribution in [0.2, 0.25) is 0 Å². The van der Waals surface area contributed by atoms with Gasteiger partial charge in [0.1, 0.15) is 10.7 Å². The molecule has 0 aliphatic heterocycles. The molecule has 0 atom stereocenters. The van der Waals surface area contributed by atoms with E-state index in [1.807, 2.05) is 0 Å². The summed E-state index contributed by atoms with van der Waals surface area (Å²) < 4.78 is 39.6. The van der Waals surface area contributed by atoms with Gasteiger partial charge in [0.05, 0.1) is 5.69 Å². The molecule has 0 bridgehead atoms. The van der Waals surface area contributed by atoms with E-state index in [4.69, 9.17) is 5.73 Å². The molecule has 1 aromatic carbocycles. The number of allylic oxidation sites excluding steroid dienone is 1. The van der Waals surface area contributed by atoms with Crippen molar-refractivity contribution >= 4 is 15.7 Å². The van der Waals surface area contributed by atoms with Crippen LogP contribution in [0, 0.1) is 5.82 Å². The Morgan fingerprint density at radius 3 is 2.75 bits per heavy atom. The minimum Gasteiger partial charge on any atom is -0.398 e. The molecular weight excluding hydrogens is 279 g/mol. The Bertz CT molecular complexity index is 612. The first-order valence-electron chi connectivity index (χ1n) is 6.71. The summed E-state index contributed by atoms with van der Waals surface area (Å²) >= 11 is 0. The van der Waals surface area contributed by atoms with Crippen LogP contribution in [0.5, 0.6) is 0 Å². The van der Waals surface area contributed by atoms with Crippen LogP contribution >= 0.6 is 0 Å². The van der Waals surface area contributed by atoms with Gasteiger partial charge in [-0.05, 0) is 50.3 Å². The van der Waals surface area contributed by atoms with Crippen molar-refractivity contribution in [3.05, 3.63) is 35.7 Å². The normalized spacial score (nSPS) is 15.9. The number of hydrogen-bond acceptors (Lipinski definition) is 3. The summed E-state index contributed by atoms with van der Waals surface area (Å²) in [6, 6.07) is 3.29. The molecule has 110 valence electrons. The van der Waals surface area contributed by atoms with E-state index in [0.717, 1.165) is 25.0 Å². The van der Waals surface area contributed by atoms with Crippen LogP contribution < -0.4 is 10.5 Å². The standard InChI is InChI=1S/C14H19FN2O2S/c15-12-6-7-14(13(16)10-12)20(18,19)17-9-8-11-4-2-1-3-5-11/h4,6-7,10,17H,1-3,5,8-9,16H2. The zero-order valence-corrected chi connectivity index (χ0v) is 12.0. The molecule has 20 heavy (non-hydrogen) atoms. The van der Waals surface area contributed by atoms with Crippen LogP contribution in [0.4, 0.5) is 10.1 Å². The van der Waals surface area contributed by atoms with Gasteiger partial charge in [-0.2, -0.15) is 0 Å². The maximum absolute atomic E-state index is 12.9. The molecule has 0 saturated heterocycles. The minimum atomic E-state index is -3.68. The highest BCUT2D eigenvalue weighted by atomic mass is 32.2. The van der Waals surface area contributed by atoms with Crippen molar-refractivity contribution in [1.29, 1.82) is 0 Å². The number of nitrogens with two attached hydrogens (primary N) is 1. The van der Waals surface area contributed by atoms with Gasteiger partial charge in [0.15, 0.2) is 0 Å². The number of benzene rings is 1. The van der Waals surface area contributed by atoms with Crippen molar-refractivity contribution in [2.24, 2.45) is 0 Å². The molecule has 0 saturated carbocycles. The molecule has 6 heteroatoms. The fourth-order valence-corrected chi connectivity index (χ4v) is 3.46. The first-order chi connectivity index (χ1) is 9.49. The Morgan fingerprint density at radius 2 is 2.10 bits per heavy atom. The van der Waals surface area contributed by atoms with Crippen LogP contribution in [0.15, 0.2) is 34.7 Å². The molecule has 0 heterocycles. The van der Waals surface area contributed by atoms with Crippen molar-refractivity contribution in [3.8, 4) is 0 Å². The lowest BCUT2D eigenvalue weighted by molar-refractivity contribution is 0.579. The van der Waals surface area contributed by atoms with Gasteiger partial charge in [0, 0.05) is 6.54 Å². The topological polar surface area (TPSA) is 72.2 Å². The number of sulfonamides is 1. The van der Waals surface area contributed by atoms with E-state index in [2.05, 4.69) is 10.8 Å². The molecule has 4 nitrogen and oxygen atoms in total. The summed E-state index contributed by atoms with van der Waals surface area (Å²) in [7, 11) is -3.68. The monoisotopic (exact) mass is 298 g/mol. The summed E-state index contributed by atoms with van der Waals surface area (Å²) in [5.41, 5.74) is 6.77. The molecule has 1 aliphatic rings. The molecule has 2 rings (SSSR count). The summed E-state index contributed by atoms with van der Waals surface area (Å²) in [5.74, 6) is -0.547. The van der Waals surface area contributed by atoms with Gasteiger partial charge in [-0.15, -0.1) is 0 Å². The quantitative estimate of drug-likeness (QED) is 0.648. The Balaban J connectivity index is 1.98. The Kier molecular flexibility index (Phi) is 4.77. The second-order valence-corrected chi connectivity index (χ2v) is 6.67. The fraction of sp³-hybridized carbons (Fsp3) is 0.429. The number of rotatable bonds is 5. The Hall–Kier alpha value is -1.40. The summed E-state index contributed by atoms with van der Waals surface area (Å²) in [5, 5.41) is 0. The third-order valence-corrected chi connectivity index (χ3v) is 4.92. The zero-order chi connectivity index (χ0) is 14.6. The fourth-order valence-electron chi connectivity index (χ4n) is 2.32. The highest BCUT2D eigenvalue weighted by molar-refractivity contribution is 7.89. The molecule has 3 N–H and O–H groups in total. The van der Waals surface area contributed by atoms with Gasteiger partial charge in [0.2, 0.25) is 10.0 Å². The van der Waals surface area contributed by atoms with E-state index < -0.39 is 15.8 Å². The smallest absolute Gasteiger partial charge is 0.242 e. The third kappa shape index (κ3) is 3.80. The molecule has 0 aromatic heterocycles. The lowest BCUT2D eigenvalue weighted by atomic mass is 9.97. The second kappa shape index (κ2) is 6.37. The molecule has 1 aliphatic carbocycles. The first-order valence-corrected chi connectivity index (χ1v) is 8.20. The van der Waals surface area contributed by atoms with Crippen LogP contribution in [-0.2, 0) is 10.0 Å². The van der Waals surface area contributed by atoms with Gasteiger partial charge in [-0.25, -0.2) is 17.5 Å². The number of nitrogen functional groups attached to an aromatic ring is 1. The predicted octanol–water partition coefficient (Wildman–Crippen LogP) is 2.58. The van der Waals surface area contributed by atoms with Gasteiger partial charge >= 0.3 is 0 Å². The maximum atomic E-state index is 12.9. The van der Waals surface area contributed by atoms with Crippen molar-refractivity contribution in [2.75, 3.05) is 12.3 Å². The van der Waals surface area contributed by atoms with E-state index in [1.54, 1.807) is 0 Å². The molecular formula is C14H19FN2O2S. The van der Waals surface area contributed by atoms with Crippen LogP contribution in [0.25, 0.3) is 0 Å². The largest absolute Gasteiger partial charge is 0.398 e. The highest BCUT2D eigenvalue weighted by Gasteiger charge is 2.17. The van der Waals surface area contributed by atoms with Crippen molar-refractivity contribution in [1.82, 2.24) is 4.72 Å². The lowest BCUT2D eigenvalue weighted by Crippen LogP contribution is -2.26. The van der Waals surface area contributed by atoms with Crippen LogP contribution in [0.3, 0.4) is 0 Å². The van der Waals surface area contributed by atoms with Crippen LogP contribution in [-0.4, -0.2) is 15.0 Å². The van der Waals surface area contributed by atoms with Crippen molar-refractivity contribution in [2.45, 2.75) is 37.0 Å². The molecule has 0 spiro atoms. The molecule has 0 amide bonds. The summed E-state index contributed by atoms with van der Waals surface area (Å²) in [6.45, 7) is 0.338. The SMILES string of the molecule is Nc1cc(F)ccc1S(=O)(=O)NCCC1=CCCCC1. The predicted molar refractivity (Wildman–Crippen MR) is 77.2 cm³/mol. The number of nitrogens with one attached hydrogen (secondary N) is 1. The molecule has 0 unspecified atom stereocenters. The van der Waals surface area contributed by atoms with Gasteiger partial charge in [-0.3, -0.25) is 0 Å². The lowest BCUT2D eigenvalue weighted by Gasteiger charge is -2.13. The third-order valence-electron chi connectivity index (χ3n) is 3.38. The summed E-state index contributed by atoms with van der Waals surface area (Å²) in [6.07, 6.45) is 7.39. The van der Waals surface area contributed by atoms with Crippen molar-refractivity contribution in [3.63, 3.8) is 0 Å². The van der Waals surface area contributed by atoms with E-state index in [9.17, 15) is 12.8 Å². The number of hydrogen-bond donors (Lipinski definition) is 2. The van der Waals surface area contributed by atoms with Gasteiger partial charge in [0.25, 0.3) is 0 Å². The zero-order valence-electron chi connectivity index (χ0n) is 11.2. The average molecular weight is 298 g/mol. The molecule has 1 aromatic rings. The average Bonchev–Trinajstić information content (AvgIpc) is 2.39. The maximum Gasteiger partial charge on any atom is 0.242 e. The van der Waals surface area contributed by atoms with Gasteiger partial charge in [-0.1, -0.05) is 11.6 Å². The van der Waals surface area contributed by atoms with E-state index in [0.29, 0.717) is 13.0 Å².